The molecular formula is C20H21N3O2. The summed E-state index contributed by atoms with van der Waals surface area (Å²) < 4.78 is 7.15. The Morgan fingerprint density at radius 1 is 1.08 bits per heavy atom. The zero-order valence-electron chi connectivity index (χ0n) is 14.6. The van der Waals surface area contributed by atoms with Gasteiger partial charge in [0.15, 0.2) is 0 Å². The topological polar surface area (TPSA) is 56.1 Å². The van der Waals surface area contributed by atoms with Crippen molar-refractivity contribution < 1.29 is 9.53 Å². The summed E-state index contributed by atoms with van der Waals surface area (Å²) in [5, 5.41) is 2.93. The van der Waals surface area contributed by atoms with E-state index in [1.165, 1.54) is 0 Å². The summed E-state index contributed by atoms with van der Waals surface area (Å²) in [4.78, 5) is 16.5. The lowest BCUT2D eigenvalue weighted by atomic mass is 10.1. The number of ether oxygens (including phenoxy) is 1. The summed E-state index contributed by atoms with van der Waals surface area (Å²) in [6.07, 6.45) is 1.82. The number of aromatic nitrogens is 2. The van der Waals surface area contributed by atoms with Gasteiger partial charge in [-0.3, -0.25) is 4.79 Å². The number of hydrogen-bond donors (Lipinski definition) is 1. The van der Waals surface area contributed by atoms with Gasteiger partial charge in [0.2, 0.25) is 0 Å². The van der Waals surface area contributed by atoms with Crippen molar-refractivity contribution in [1.29, 1.82) is 0 Å². The smallest absolute Gasteiger partial charge is 0.251 e. The van der Waals surface area contributed by atoms with Crippen molar-refractivity contribution >= 4 is 5.91 Å². The normalized spacial score (nSPS) is 10.5. The van der Waals surface area contributed by atoms with Crippen LogP contribution >= 0.6 is 0 Å². The molecule has 1 N–H and O–H groups in total. The molecule has 3 rings (SSSR count). The Morgan fingerprint density at radius 2 is 1.76 bits per heavy atom. The van der Waals surface area contributed by atoms with Gasteiger partial charge < -0.3 is 14.6 Å². The Labute approximate surface area is 147 Å². The van der Waals surface area contributed by atoms with Gasteiger partial charge in [-0.1, -0.05) is 12.1 Å². The number of nitrogens with zero attached hydrogens (tertiary/aromatic N) is 2. The predicted molar refractivity (Wildman–Crippen MR) is 97.2 cm³/mol. The molecule has 1 aromatic heterocycles. The molecule has 3 aromatic rings. The van der Waals surface area contributed by atoms with Crippen molar-refractivity contribution in [3.05, 3.63) is 77.4 Å². The van der Waals surface area contributed by atoms with E-state index in [2.05, 4.69) is 14.9 Å². The minimum atomic E-state index is -0.104. The predicted octanol–water partition coefficient (Wildman–Crippen LogP) is 3.43. The number of nitrogens with one attached hydrogen (secondary N) is 1. The van der Waals surface area contributed by atoms with Crippen LogP contribution in [0.15, 0.2) is 54.9 Å². The lowest BCUT2D eigenvalue weighted by Gasteiger charge is -2.09. The molecule has 0 atom stereocenters. The minimum Gasteiger partial charge on any atom is -0.497 e. The Kier molecular flexibility index (Phi) is 4.84. The molecule has 128 valence electrons. The fourth-order valence-corrected chi connectivity index (χ4v) is 2.56. The molecular weight excluding hydrogens is 314 g/mol. The number of rotatable bonds is 5. The van der Waals surface area contributed by atoms with E-state index in [0.29, 0.717) is 12.1 Å². The van der Waals surface area contributed by atoms with Crippen molar-refractivity contribution in [2.24, 2.45) is 0 Å². The van der Waals surface area contributed by atoms with Gasteiger partial charge in [0.05, 0.1) is 19.1 Å². The van der Waals surface area contributed by atoms with Gasteiger partial charge in [0.1, 0.15) is 5.75 Å². The Morgan fingerprint density at radius 3 is 2.32 bits per heavy atom. The Hall–Kier alpha value is -3.08. The molecule has 0 saturated carbocycles. The standard InChI is InChI=1S/C20H21N3O2/c1-14-15(2)23(13-22-14)18-8-4-16(5-9-18)12-21-20(24)17-6-10-19(25-3)11-7-17/h4-11,13H,12H2,1-3H3,(H,21,24). The summed E-state index contributed by atoms with van der Waals surface area (Å²) in [5.74, 6) is 0.630. The fourth-order valence-electron chi connectivity index (χ4n) is 2.56. The van der Waals surface area contributed by atoms with Gasteiger partial charge in [-0.25, -0.2) is 4.98 Å². The molecule has 0 aliphatic carbocycles. The third-order valence-corrected chi connectivity index (χ3v) is 4.27. The van der Waals surface area contributed by atoms with E-state index in [1.54, 1.807) is 31.4 Å². The maximum Gasteiger partial charge on any atom is 0.251 e. The highest BCUT2D eigenvalue weighted by atomic mass is 16.5. The molecule has 2 aromatic carbocycles. The van der Waals surface area contributed by atoms with E-state index in [0.717, 1.165) is 28.4 Å². The van der Waals surface area contributed by atoms with Gasteiger partial charge in [-0.05, 0) is 55.8 Å². The molecule has 25 heavy (non-hydrogen) atoms. The minimum absolute atomic E-state index is 0.104. The number of carbonyl (C=O) groups excluding carboxylic acids is 1. The first-order valence-electron chi connectivity index (χ1n) is 8.10. The highest BCUT2D eigenvalue weighted by molar-refractivity contribution is 5.94. The van der Waals surface area contributed by atoms with Crippen LogP contribution in [0.2, 0.25) is 0 Å². The first kappa shape index (κ1) is 16.8. The highest BCUT2D eigenvalue weighted by Crippen LogP contribution is 2.15. The second-order valence-electron chi connectivity index (χ2n) is 5.86. The van der Waals surface area contributed by atoms with E-state index in [-0.39, 0.29) is 5.91 Å². The lowest BCUT2D eigenvalue weighted by molar-refractivity contribution is 0.0951. The average Bonchev–Trinajstić information content (AvgIpc) is 2.99. The van der Waals surface area contributed by atoms with Crippen LogP contribution in [0.4, 0.5) is 0 Å². The lowest BCUT2D eigenvalue weighted by Crippen LogP contribution is -2.22. The number of aryl methyl sites for hydroxylation is 1. The van der Waals surface area contributed by atoms with Crippen LogP contribution in [0, 0.1) is 13.8 Å². The number of methoxy groups -OCH3 is 1. The Balaban J connectivity index is 1.63. The summed E-state index contributed by atoms with van der Waals surface area (Å²) in [6, 6.07) is 15.1. The zero-order valence-corrected chi connectivity index (χ0v) is 14.6. The number of carbonyl (C=O) groups is 1. The van der Waals surface area contributed by atoms with Gasteiger partial charge in [0, 0.05) is 23.5 Å². The molecule has 0 aliphatic rings. The quantitative estimate of drug-likeness (QED) is 0.777. The van der Waals surface area contributed by atoms with Crippen LogP contribution in [0.1, 0.15) is 27.3 Å². The Bertz CT molecular complexity index is 865. The van der Waals surface area contributed by atoms with Gasteiger partial charge in [-0.2, -0.15) is 0 Å². The molecule has 0 spiro atoms. The van der Waals surface area contributed by atoms with Crippen molar-refractivity contribution in [3.8, 4) is 11.4 Å². The first-order valence-corrected chi connectivity index (χ1v) is 8.10. The molecule has 5 nitrogen and oxygen atoms in total. The average molecular weight is 335 g/mol. The van der Waals surface area contributed by atoms with Crippen LogP contribution in [0.3, 0.4) is 0 Å². The van der Waals surface area contributed by atoms with Crippen molar-refractivity contribution in [2.75, 3.05) is 7.11 Å². The second-order valence-corrected chi connectivity index (χ2v) is 5.86. The maximum atomic E-state index is 12.2. The monoisotopic (exact) mass is 335 g/mol. The number of amides is 1. The van der Waals surface area contributed by atoms with Crippen molar-refractivity contribution in [2.45, 2.75) is 20.4 Å². The first-order chi connectivity index (χ1) is 12.1. The zero-order chi connectivity index (χ0) is 17.8. The van der Waals surface area contributed by atoms with Gasteiger partial charge in [-0.15, -0.1) is 0 Å². The third-order valence-electron chi connectivity index (χ3n) is 4.27. The van der Waals surface area contributed by atoms with Crippen molar-refractivity contribution in [1.82, 2.24) is 14.9 Å². The molecule has 0 fully saturated rings. The van der Waals surface area contributed by atoms with Crippen LogP contribution in [-0.4, -0.2) is 22.6 Å². The molecule has 0 aliphatic heterocycles. The molecule has 1 amide bonds. The van der Waals surface area contributed by atoms with Crippen LogP contribution < -0.4 is 10.1 Å². The van der Waals surface area contributed by atoms with E-state index < -0.39 is 0 Å². The molecule has 0 bridgehead atoms. The maximum absolute atomic E-state index is 12.2. The molecule has 0 radical (unpaired) electrons. The summed E-state index contributed by atoms with van der Waals surface area (Å²) in [7, 11) is 1.60. The molecule has 5 heteroatoms. The van der Waals surface area contributed by atoms with Gasteiger partial charge in [0.25, 0.3) is 5.91 Å². The van der Waals surface area contributed by atoms with E-state index in [1.807, 2.05) is 44.4 Å². The van der Waals surface area contributed by atoms with E-state index in [9.17, 15) is 4.79 Å². The van der Waals surface area contributed by atoms with Crippen molar-refractivity contribution in [3.63, 3.8) is 0 Å². The number of benzene rings is 2. The van der Waals surface area contributed by atoms with Gasteiger partial charge >= 0.3 is 0 Å². The fraction of sp³-hybridized carbons (Fsp3) is 0.200. The SMILES string of the molecule is COc1ccc(C(=O)NCc2ccc(-n3cnc(C)c3C)cc2)cc1. The van der Waals surface area contributed by atoms with E-state index in [4.69, 9.17) is 4.74 Å². The van der Waals surface area contributed by atoms with E-state index >= 15 is 0 Å². The summed E-state index contributed by atoms with van der Waals surface area (Å²) >= 11 is 0. The number of imidazole rings is 1. The molecule has 0 saturated heterocycles. The van der Waals surface area contributed by atoms with Crippen LogP contribution in [0.5, 0.6) is 5.75 Å². The van der Waals surface area contributed by atoms with Crippen LogP contribution in [0.25, 0.3) is 5.69 Å². The number of hydrogen-bond acceptors (Lipinski definition) is 3. The molecule has 0 unspecified atom stereocenters. The second kappa shape index (κ2) is 7.21. The summed E-state index contributed by atoms with van der Waals surface area (Å²) in [5.41, 5.74) is 4.86. The highest BCUT2D eigenvalue weighted by Gasteiger charge is 2.07. The largest absolute Gasteiger partial charge is 0.497 e. The van der Waals surface area contributed by atoms with Crippen LogP contribution in [-0.2, 0) is 6.54 Å². The third kappa shape index (κ3) is 3.71. The molecule has 1 heterocycles. The summed E-state index contributed by atoms with van der Waals surface area (Å²) in [6.45, 7) is 4.52.